The van der Waals surface area contributed by atoms with Crippen molar-refractivity contribution in [2.24, 2.45) is 0 Å². The zero-order chi connectivity index (χ0) is 14.5. The second kappa shape index (κ2) is 6.47. The SMILES string of the molecule is O=C(NCCN1CCOCC1)C(F)(F)CC(F)(F)F. The Morgan fingerprint density at radius 2 is 1.74 bits per heavy atom. The monoisotopic (exact) mass is 290 g/mol. The van der Waals surface area contributed by atoms with Gasteiger partial charge in [0, 0.05) is 26.2 Å². The summed E-state index contributed by atoms with van der Waals surface area (Å²) in [6.07, 6.45) is -7.52. The maximum Gasteiger partial charge on any atom is 0.395 e. The molecule has 0 radical (unpaired) electrons. The molecule has 0 saturated carbocycles. The summed E-state index contributed by atoms with van der Waals surface area (Å²) in [5, 5.41) is 1.82. The Bertz CT molecular complexity index is 303. The van der Waals surface area contributed by atoms with Crippen LogP contribution in [0.5, 0.6) is 0 Å². The molecule has 1 N–H and O–H groups in total. The molecule has 0 aliphatic carbocycles. The molecule has 0 aromatic carbocycles. The summed E-state index contributed by atoms with van der Waals surface area (Å²) in [6.45, 7) is 2.42. The molecule has 1 aliphatic rings. The fraction of sp³-hybridized carbons (Fsp3) is 0.900. The average molecular weight is 290 g/mol. The predicted molar refractivity (Wildman–Crippen MR) is 55.9 cm³/mol. The third-order valence-corrected chi connectivity index (χ3v) is 2.57. The Morgan fingerprint density at radius 3 is 2.26 bits per heavy atom. The molecule has 1 fully saturated rings. The average Bonchev–Trinajstić information content (AvgIpc) is 2.27. The molecule has 0 aromatic rings. The second-order valence-electron chi connectivity index (χ2n) is 4.21. The van der Waals surface area contributed by atoms with Gasteiger partial charge >= 0.3 is 12.1 Å². The molecular formula is C10H15F5N2O2. The van der Waals surface area contributed by atoms with Crippen molar-refractivity contribution in [2.75, 3.05) is 39.4 Å². The molecule has 4 nitrogen and oxygen atoms in total. The maximum absolute atomic E-state index is 12.9. The lowest BCUT2D eigenvalue weighted by Gasteiger charge is -2.26. The van der Waals surface area contributed by atoms with Crippen LogP contribution >= 0.6 is 0 Å². The summed E-state index contributed by atoms with van der Waals surface area (Å²) in [4.78, 5) is 12.8. The van der Waals surface area contributed by atoms with Crippen molar-refractivity contribution in [3.63, 3.8) is 0 Å². The third kappa shape index (κ3) is 6.15. The van der Waals surface area contributed by atoms with Gasteiger partial charge in [0.2, 0.25) is 0 Å². The van der Waals surface area contributed by atoms with Gasteiger partial charge in [0.25, 0.3) is 5.91 Å². The number of hydrogen-bond acceptors (Lipinski definition) is 3. The number of nitrogens with zero attached hydrogens (tertiary/aromatic N) is 1. The van der Waals surface area contributed by atoms with Gasteiger partial charge in [-0.25, -0.2) is 0 Å². The zero-order valence-electron chi connectivity index (χ0n) is 10.1. The normalized spacial score (nSPS) is 18.4. The van der Waals surface area contributed by atoms with E-state index in [1.54, 1.807) is 0 Å². The smallest absolute Gasteiger partial charge is 0.379 e. The van der Waals surface area contributed by atoms with Gasteiger partial charge < -0.3 is 10.1 Å². The number of nitrogens with one attached hydrogen (secondary N) is 1. The van der Waals surface area contributed by atoms with Crippen LogP contribution in [0.1, 0.15) is 6.42 Å². The number of hydrogen-bond donors (Lipinski definition) is 1. The Kier molecular flexibility index (Phi) is 5.48. The van der Waals surface area contributed by atoms with Crippen LogP contribution in [0.15, 0.2) is 0 Å². The van der Waals surface area contributed by atoms with E-state index >= 15 is 0 Å². The Hall–Kier alpha value is -0.960. The molecule has 1 saturated heterocycles. The lowest BCUT2D eigenvalue weighted by Crippen LogP contribution is -2.46. The number of alkyl halides is 5. The van der Waals surface area contributed by atoms with E-state index < -0.39 is 24.4 Å². The number of halogens is 5. The molecule has 1 aliphatic heterocycles. The summed E-state index contributed by atoms with van der Waals surface area (Å²) >= 11 is 0. The lowest BCUT2D eigenvalue weighted by atomic mass is 10.2. The van der Waals surface area contributed by atoms with Gasteiger partial charge in [0.1, 0.15) is 6.42 Å². The summed E-state index contributed by atoms with van der Waals surface area (Å²) in [5.41, 5.74) is 0. The van der Waals surface area contributed by atoms with E-state index in [0.29, 0.717) is 32.8 Å². The first kappa shape index (κ1) is 16.1. The van der Waals surface area contributed by atoms with E-state index in [9.17, 15) is 26.7 Å². The first-order chi connectivity index (χ1) is 8.71. The van der Waals surface area contributed by atoms with Crippen molar-refractivity contribution in [3.05, 3.63) is 0 Å². The second-order valence-corrected chi connectivity index (χ2v) is 4.21. The van der Waals surface area contributed by atoms with Crippen LogP contribution in [0.4, 0.5) is 22.0 Å². The van der Waals surface area contributed by atoms with Crippen LogP contribution in [-0.2, 0) is 9.53 Å². The van der Waals surface area contributed by atoms with Crippen LogP contribution in [0.3, 0.4) is 0 Å². The molecule has 9 heteroatoms. The number of ether oxygens (including phenoxy) is 1. The third-order valence-electron chi connectivity index (χ3n) is 2.57. The molecule has 1 rings (SSSR count). The highest BCUT2D eigenvalue weighted by atomic mass is 19.4. The highest BCUT2D eigenvalue weighted by Gasteiger charge is 2.49. The van der Waals surface area contributed by atoms with Gasteiger partial charge in [-0.1, -0.05) is 0 Å². The van der Waals surface area contributed by atoms with Crippen molar-refractivity contribution in [3.8, 4) is 0 Å². The minimum absolute atomic E-state index is 0.119. The van der Waals surface area contributed by atoms with Gasteiger partial charge in [0.15, 0.2) is 0 Å². The quantitative estimate of drug-likeness (QED) is 0.769. The van der Waals surface area contributed by atoms with E-state index in [0.717, 1.165) is 0 Å². The topological polar surface area (TPSA) is 41.6 Å². The molecule has 0 unspecified atom stereocenters. The van der Waals surface area contributed by atoms with Crippen LogP contribution in [0.25, 0.3) is 0 Å². The van der Waals surface area contributed by atoms with Crippen LogP contribution < -0.4 is 5.32 Å². The highest BCUT2D eigenvalue weighted by molar-refractivity contribution is 5.83. The van der Waals surface area contributed by atoms with Crippen molar-refractivity contribution in [2.45, 2.75) is 18.5 Å². The number of carbonyl (C=O) groups is 1. The molecular weight excluding hydrogens is 275 g/mol. The predicted octanol–water partition coefficient (Wildman–Crippen LogP) is 1.02. The first-order valence-electron chi connectivity index (χ1n) is 5.74. The summed E-state index contributed by atoms with van der Waals surface area (Å²) < 4.78 is 66.4. The minimum Gasteiger partial charge on any atom is -0.379 e. The van der Waals surface area contributed by atoms with Crippen molar-refractivity contribution in [1.29, 1.82) is 0 Å². The zero-order valence-corrected chi connectivity index (χ0v) is 10.1. The van der Waals surface area contributed by atoms with E-state index in [2.05, 4.69) is 0 Å². The van der Waals surface area contributed by atoms with Gasteiger partial charge in [-0.2, -0.15) is 22.0 Å². The van der Waals surface area contributed by atoms with E-state index in [4.69, 9.17) is 4.74 Å². The minimum atomic E-state index is -5.08. The molecule has 0 aromatic heterocycles. The van der Waals surface area contributed by atoms with Crippen molar-refractivity contribution < 1.29 is 31.5 Å². The fourth-order valence-electron chi connectivity index (χ4n) is 1.61. The molecule has 1 amide bonds. The number of rotatable bonds is 5. The Balaban J connectivity index is 2.29. The van der Waals surface area contributed by atoms with Gasteiger partial charge in [0.05, 0.1) is 13.2 Å². The Morgan fingerprint density at radius 1 is 1.16 bits per heavy atom. The standard InChI is InChI=1S/C10H15F5N2O2/c11-9(12,7-10(13,14)15)8(18)16-1-2-17-3-5-19-6-4-17/h1-7H2,(H,16,18). The largest absolute Gasteiger partial charge is 0.395 e. The number of carbonyl (C=O) groups excluding carboxylic acids is 1. The molecule has 19 heavy (non-hydrogen) atoms. The number of morpholine rings is 1. The van der Waals surface area contributed by atoms with Gasteiger partial charge in [-0.3, -0.25) is 9.69 Å². The summed E-state index contributed by atoms with van der Waals surface area (Å²) in [6, 6.07) is 0. The molecule has 112 valence electrons. The van der Waals surface area contributed by atoms with Crippen molar-refractivity contribution in [1.82, 2.24) is 10.2 Å². The lowest BCUT2D eigenvalue weighted by molar-refractivity contribution is -0.193. The van der Waals surface area contributed by atoms with Crippen molar-refractivity contribution >= 4 is 5.91 Å². The maximum atomic E-state index is 12.9. The van der Waals surface area contributed by atoms with Gasteiger partial charge in [-0.05, 0) is 0 Å². The van der Waals surface area contributed by atoms with E-state index in [-0.39, 0.29) is 6.54 Å². The molecule has 0 spiro atoms. The summed E-state index contributed by atoms with van der Waals surface area (Å²) in [5.74, 6) is -6.32. The van der Waals surface area contributed by atoms with Crippen LogP contribution in [-0.4, -0.2) is 62.3 Å². The van der Waals surface area contributed by atoms with E-state index in [1.165, 1.54) is 0 Å². The number of amides is 1. The first-order valence-corrected chi connectivity index (χ1v) is 5.74. The Labute approximate surface area is 106 Å². The van der Waals surface area contributed by atoms with Crippen LogP contribution in [0.2, 0.25) is 0 Å². The molecule has 0 bridgehead atoms. The fourth-order valence-corrected chi connectivity index (χ4v) is 1.61. The summed E-state index contributed by atoms with van der Waals surface area (Å²) in [7, 11) is 0. The van der Waals surface area contributed by atoms with E-state index in [1.807, 2.05) is 10.2 Å². The van der Waals surface area contributed by atoms with Crippen LogP contribution in [0, 0.1) is 0 Å². The highest BCUT2D eigenvalue weighted by Crippen LogP contribution is 2.31. The van der Waals surface area contributed by atoms with Gasteiger partial charge in [-0.15, -0.1) is 0 Å². The molecule has 1 heterocycles. The molecule has 0 atom stereocenters.